The van der Waals surface area contributed by atoms with Gasteiger partial charge in [0.15, 0.2) is 0 Å². The summed E-state index contributed by atoms with van der Waals surface area (Å²) in [5.41, 5.74) is -0.0704. The van der Waals surface area contributed by atoms with E-state index in [2.05, 4.69) is 4.72 Å². The van der Waals surface area contributed by atoms with Crippen molar-refractivity contribution in [1.29, 1.82) is 0 Å². The number of hydrogen-bond acceptors (Lipinski definition) is 4. The van der Waals surface area contributed by atoms with E-state index in [1.165, 1.54) is 24.3 Å². The highest BCUT2D eigenvalue weighted by Gasteiger charge is 2.21. The van der Waals surface area contributed by atoms with Gasteiger partial charge >= 0.3 is 0 Å². The fourth-order valence-corrected chi connectivity index (χ4v) is 3.95. The van der Waals surface area contributed by atoms with Crippen LogP contribution in [0, 0.1) is 5.41 Å². The number of rotatable bonds is 4. The van der Waals surface area contributed by atoms with Crippen LogP contribution in [0.2, 0.25) is 0 Å². The van der Waals surface area contributed by atoms with Crippen LogP contribution in [-0.2, 0) is 19.1 Å². The van der Waals surface area contributed by atoms with Crippen LogP contribution < -0.4 is 4.72 Å². The molecule has 1 N–H and O–H groups in total. The normalized spacial score (nSPS) is 13.3. The second kappa shape index (κ2) is 5.30. The summed E-state index contributed by atoms with van der Waals surface area (Å²) in [5.74, 6) is -0.0322. The molecule has 0 radical (unpaired) electrons. The van der Waals surface area contributed by atoms with Crippen LogP contribution in [0.4, 0.5) is 5.69 Å². The number of halogens is 1. The van der Waals surface area contributed by atoms with Gasteiger partial charge < -0.3 is 0 Å². The maximum absolute atomic E-state index is 11.8. The third-order valence-electron chi connectivity index (χ3n) is 2.03. The zero-order chi connectivity index (χ0) is 14.9. The average Bonchev–Trinajstić information content (AvgIpc) is 2.11. The Morgan fingerprint density at radius 1 is 1.05 bits per heavy atom. The summed E-state index contributed by atoms with van der Waals surface area (Å²) in [6.45, 7) is 5.44. The van der Waals surface area contributed by atoms with E-state index in [1.807, 2.05) is 20.8 Å². The van der Waals surface area contributed by atoms with Crippen LogP contribution >= 0.6 is 10.7 Å². The molecule has 8 heteroatoms. The van der Waals surface area contributed by atoms with Gasteiger partial charge in [-0.25, -0.2) is 16.8 Å². The molecular weight excluding hydrogens is 310 g/mol. The predicted molar refractivity (Wildman–Crippen MR) is 76.3 cm³/mol. The smallest absolute Gasteiger partial charge is 0.261 e. The number of hydrogen-bond donors (Lipinski definition) is 1. The van der Waals surface area contributed by atoms with E-state index in [4.69, 9.17) is 10.7 Å². The molecule has 1 aromatic rings. The maximum Gasteiger partial charge on any atom is 0.261 e. The molecule has 0 amide bonds. The molecule has 0 aliphatic rings. The fourth-order valence-electron chi connectivity index (χ4n) is 1.47. The van der Waals surface area contributed by atoms with Crippen molar-refractivity contribution in [2.45, 2.75) is 25.7 Å². The summed E-state index contributed by atoms with van der Waals surface area (Å²) >= 11 is 0. The highest BCUT2D eigenvalue weighted by molar-refractivity contribution is 8.13. The number of benzene rings is 1. The van der Waals surface area contributed by atoms with Crippen LogP contribution in [0.15, 0.2) is 29.2 Å². The molecule has 19 heavy (non-hydrogen) atoms. The quantitative estimate of drug-likeness (QED) is 0.862. The topological polar surface area (TPSA) is 80.3 Å². The van der Waals surface area contributed by atoms with Crippen molar-refractivity contribution in [3.05, 3.63) is 24.3 Å². The Hall–Kier alpha value is -0.790. The molecule has 0 saturated heterocycles. The summed E-state index contributed by atoms with van der Waals surface area (Å²) in [7, 11) is -2.11. The average molecular weight is 326 g/mol. The van der Waals surface area contributed by atoms with E-state index in [1.54, 1.807) is 0 Å². The first-order valence-corrected chi connectivity index (χ1v) is 9.40. The molecule has 0 atom stereocenters. The summed E-state index contributed by atoms with van der Waals surface area (Å²) in [6, 6.07) is 5.21. The van der Waals surface area contributed by atoms with E-state index in [9.17, 15) is 16.8 Å². The Labute approximate surface area is 118 Å². The summed E-state index contributed by atoms with van der Waals surface area (Å²) in [4.78, 5) is -0.0760. The van der Waals surface area contributed by atoms with Gasteiger partial charge in [0.25, 0.3) is 9.05 Å². The molecule has 0 unspecified atom stereocenters. The number of nitrogens with one attached hydrogen (secondary N) is 1. The SMILES string of the molecule is CC(C)(C)CS(=O)(=O)Nc1ccc(S(=O)(=O)Cl)cc1. The van der Waals surface area contributed by atoms with Crippen molar-refractivity contribution in [2.24, 2.45) is 5.41 Å². The standard InChI is InChI=1S/C11H16ClNO4S2/c1-11(2,3)8-18(14,15)13-9-4-6-10(7-5-9)19(12,16)17/h4-7,13H,8H2,1-3H3. The Morgan fingerprint density at radius 3 is 1.89 bits per heavy atom. The van der Waals surface area contributed by atoms with Gasteiger partial charge in [0.05, 0.1) is 10.6 Å². The second-order valence-electron chi connectivity index (χ2n) is 5.38. The lowest BCUT2D eigenvalue weighted by molar-refractivity contribution is 0.463. The Balaban J connectivity index is 2.90. The molecule has 1 rings (SSSR count). The van der Waals surface area contributed by atoms with Crippen molar-refractivity contribution in [3.8, 4) is 0 Å². The van der Waals surface area contributed by atoms with Gasteiger partial charge in [0.2, 0.25) is 10.0 Å². The molecule has 0 aliphatic heterocycles. The molecule has 5 nitrogen and oxygen atoms in total. The van der Waals surface area contributed by atoms with Gasteiger partial charge in [-0.2, -0.15) is 0 Å². The van der Waals surface area contributed by atoms with Gasteiger partial charge in [-0.3, -0.25) is 4.72 Å². The molecule has 0 bridgehead atoms. The lowest BCUT2D eigenvalue weighted by Gasteiger charge is -2.18. The van der Waals surface area contributed by atoms with Crippen molar-refractivity contribution in [2.75, 3.05) is 10.5 Å². The lowest BCUT2D eigenvalue weighted by atomic mass is 10.0. The van der Waals surface area contributed by atoms with E-state index in [-0.39, 0.29) is 16.1 Å². The van der Waals surface area contributed by atoms with Crippen LogP contribution in [0.25, 0.3) is 0 Å². The van der Waals surface area contributed by atoms with Crippen LogP contribution in [0.1, 0.15) is 20.8 Å². The lowest BCUT2D eigenvalue weighted by Crippen LogP contribution is -2.26. The van der Waals surface area contributed by atoms with Crippen LogP contribution in [-0.4, -0.2) is 22.6 Å². The Kier molecular flexibility index (Phi) is 4.54. The minimum absolute atomic E-state index is 0.0322. The van der Waals surface area contributed by atoms with Crippen LogP contribution in [0.3, 0.4) is 0 Å². The van der Waals surface area contributed by atoms with Crippen LogP contribution in [0.5, 0.6) is 0 Å². The minimum Gasteiger partial charge on any atom is -0.284 e. The Morgan fingerprint density at radius 2 is 1.53 bits per heavy atom. The highest BCUT2D eigenvalue weighted by atomic mass is 35.7. The molecule has 1 aromatic carbocycles. The zero-order valence-electron chi connectivity index (χ0n) is 10.8. The van der Waals surface area contributed by atoms with Crippen molar-refractivity contribution < 1.29 is 16.8 Å². The molecule has 0 saturated carbocycles. The summed E-state index contributed by atoms with van der Waals surface area (Å²) in [6.07, 6.45) is 0. The first kappa shape index (κ1) is 16.3. The largest absolute Gasteiger partial charge is 0.284 e. The van der Waals surface area contributed by atoms with Gasteiger partial charge in [0, 0.05) is 16.4 Å². The monoisotopic (exact) mass is 325 g/mol. The zero-order valence-corrected chi connectivity index (χ0v) is 13.2. The Bertz CT molecular complexity index is 643. The molecule has 0 aromatic heterocycles. The van der Waals surface area contributed by atoms with E-state index >= 15 is 0 Å². The van der Waals surface area contributed by atoms with E-state index < -0.39 is 19.1 Å². The van der Waals surface area contributed by atoms with Crippen molar-refractivity contribution >= 4 is 35.4 Å². The molecule has 108 valence electrons. The maximum atomic E-state index is 11.8. The van der Waals surface area contributed by atoms with Gasteiger partial charge in [-0.15, -0.1) is 0 Å². The third-order valence-corrected chi connectivity index (χ3v) is 5.19. The van der Waals surface area contributed by atoms with Gasteiger partial charge in [-0.05, 0) is 29.7 Å². The molecule has 0 fully saturated rings. The first-order chi connectivity index (χ1) is 8.39. The minimum atomic E-state index is -3.80. The van der Waals surface area contributed by atoms with E-state index in [0.717, 1.165) is 0 Å². The van der Waals surface area contributed by atoms with Crippen molar-refractivity contribution in [3.63, 3.8) is 0 Å². The summed E-state index contributed by atoms with van der Waals surface area (Å²) in [5, 5.41) is 0. The molecular formula is C11H16ClNO4S2. The molecule has 0 heterocycles. The third kappa shape index (κ3) is 5.80. The second-order valence-corrected chi connectivity index (χ2v) is 9.67. The fraction of sp³-hybridized carbons (Fsp3) is 0.455. The van der Waals surface area contributed by atoms with E-state index in [0.29, 0.717) is 5.69 Å². The first-order valence-electron chi connectivity index (χ1n) is 5.44. The summed E-state index contributed by atoms with van der Waals surface area (Å²) < 4.78 is 48.2. The molecule has 0 spiro atoms. The predicted octanol–water partition coefficient (Wildman–Crippen LogP) is 2.40. The molecule has 0 aliphatic carbocycles. The van der Waals surface area contributed by atoms with Gasteiger partial charge in [0.1, 0.15) is 0 Å². The van der Waals surface area contributed by atoms with Crippen molar-refractivity contribution in [1.82, 2.24) is 0 Å². The number of sulfonamides is 1. The number of anilines is 1. The van der Waals surface area contributed by atoms with Gasteiger partial charge in [-0.1, -0.05) is 20.8 Å². The highest BCUT2D eigenvalue weighted by Crippen LogP contribution is 2.21.